The van der Waals surface area contributed by atoms with Gasteiger partial charge in [-0.25, -0.2) is 0 Å². The molecule has 0 aliphatic heterocycles. The summed E-state index contributed by atoms with van der Waals surface area (Å²) < 4.78 is 0. The smallest absolute Gasteiger partial charge is 0.235 e. The van der Waals surface area contributed by atoms with Crippen LogP contribution in [0.4, 0.5) is 0 Å². The summed E-state index contributed by atoms with van der Waals surface area (Å²) in [5.41, 5.74) is -3.07. The number of amides is 2. The number of hydrogen-bond donors (Lipinski definition) is 4. The molecule has 0 aromatic heterocycles. The zero-order valence-electron chi connectivity index (χ0n) is 17.4. The lowest BCUT2D eigenvalue weighted by molar-refractivity contribution is -0.145. The van der Waals surface area contributed by atoms with E-state index >= 15 is 0 Å². The minimum atomic E-state index is -1.28. The van der Waals surface area contributed by atoms with E-state index in [1.165, 1.54) is 0 Å². The highest BCUT2D eigenvalue weighted by molar-refractivity contribution is 6.04. The zero-order valence-corrected chi connectivity index (χ0v) is 17.4. The molecule has 2 aliphatic rings. The molecule has 2 fully saturated rings. The second-order valence-corrected chi connectivity index (χ2v) is 9.34. The Bertz CT molecular complexity index is 488. The van der Waals surface area contributed by atoms with Gasteiger partial charge in [-0.2, -0.15) is 0 Å². The molecule has 2 unspecified atom stereocenters. The number of carbonyl (C=O) groups is 2. The van der Waals surface area contributed by atoms with Gasteiger partial charge in [-0.1, -0.05) is 38.5 Å². The molecule has 2 atom stereocenters. The van der Waals surface area contributed by atoms with Crippen molar-refractivity contribution in [2.75, 3.05) is 0 Å². The van der Waals surface area contributed by atoms with Crippen molar-refractivity contribution in [1.29, 1.82) is 0 Å². The Morgan fingerprint density at radius 2 is 1.04 bits per heavy atom. The molecule has 0 aromatic carbocycles. The summed E-state index contributed by atoms with van der Waals surface area (Å²) in [6, 6.07) is -0.811. The van der Waals surface area contributed by atoms with Crippen LogP contribution in [-0.4, -0.2) is 45.3 Å². The molecule has 0 heterocycles. The highest BCUT2D eigenvalue weighted by Gasteiger charge is 2.43. The van der Waals surface area contributed by atoms with Gasteiger partial charge in [-0.3, -0.25) is 9.59 Å². The van der Waals surface area contributed by atoms with Crippen LogP contribution in [0, 0.1) is 5.41 Å². The topological polar surface area (TPSA) is 98.7 Å². The van der Waals surface area contributed by atoms with Gasteiger partial charge in [-0.05, 0) is 53.4 Å². The fourth-order valence-corrected chi connectivity index (χ4v) is 4.32. The fraction of sp³-hybridized carbons (Fsp3) is 0.905. The lowest BCUT2D eigenvalue weighted by atomic mass is 9.78. The summed E-state index contributed by atoms with van der Waals surface area (Å²) in [7, 11) is 0. The Morgan fingerprint density at radius 1 is 0.741 bits per heavy atom. The van der Waals surface area contributed by atoms with Crippen molar-refractivity contribution in [3.63, 3.8) is 0 Å². The highest BCUT2D eigenvalue weighted by Crippen LogP contribution is 2.33. The summed E-state index contributed by atoms with van der Waals surface area (Å²) in [6.07, 6.45) is 8.72. The van der Waals surface area contributed by atoms with Crippen molar-refractivity contribution in [3.05, 3.63) is 0 Å². The van der Waals surface area contributed by atoms with Crippen molar-refractivity contribution in [2.45, 2.75) is 115 Å². The van der Waals surface area contributed by atoms with Gasteiger partial charge >= 0.3 is 0 Å². The van der Waals surface area contributed by atoms with Gasteiger partial charge in [0.15, 0.2) is 0 Å². The first-order valence-electron chi connectivity index (χ1n) is 10.6. The van der Waals surface area contributed by atoms with Crippen LogP contribution >= 0.6 is 0 Å². The van der Waals surface area contributed by atoms with E-state index in [2.05, 4.69) is 10.6 Å². The van der Waals surface area contributed by atoms with Crippen molar-refractivity contribution in [2.24, 2.45) is 5.41 Å². The van der Waals surface area contributed by atoms with Gasteiger partial charge in [0.2, 0.25) is 11.8 Å². The SMILES string of the molecule is CC(NC(=O)C(C)(C)C(=O)NC(C)C1(O)CCCCC1)C1(O)CCCCC1. The second-order valence-electron chi connectivity index (χ2n) is 9.34. The molecule has 2 aliphatic carbocycles. The van der Waals surface area contributed by atoms with Crippen molar-refractivity contribution >= 4 is 11.8 Å². The van der Waals surface area contributed by atoms with Crippen LogP contribution in [0.2, 0.25) is 0 Å². The van der Waals surface area contributed by atoms with Crippen LogP contribution in [0.25, 0.3) is 0 Å². The third-order valence-corrected chi connectivity index (χ3v) is 6.88. The average molecular weight is 383 g/mol. The molecule has 4 N–H and O–H groups in total. The van der Waals surface area contributed by atoms with Gasteiger partial charge in [-0.15, -0.1) is 0 Å². The van der Waals surface area contributed by atoms with Crippen LogP contribution in [0.3, 0.4) is 0 Å². The van der Waals surface area contributed by atoms with Crippen LogP contribution < -0.4 is 10.6 Å². The molecule has 2 saturated carbocycles. The Hall–Kier alpha value is -1.14. The largest absolute Gasteiger partial charge is 0.388 e. The van der Waals surface area contributed by atoms with E-state index in [4.69, 9.17) is 0 Å². The second kappa shape index (κ2) is 8.48. The molecule has 156 valence electrons. The molecule has 2 rings (SSSR count). The van der Waals surface area contributed by atoms with Crippen molar-refractivity contribution < 1.29 is 19.8 Å². The minimum Gasteiger partial charge on any atom is -0.388 e. The third kappa shape index (κ3) is 5.02. The summed E-state index contributed by atoms with van der Waals surface area (Å²) in [5, 5.41) is 27.3. The molecular formula is C21H38N2O4. The van der Waals surface area contributed by atoms with Gasteiger partial charge < -0.3 is 20.8 Å². The monoisotopic (exact) mass is 382 g/mol. The summed E-state index contributed by atoms with van der Waals surface area (Å²) in [5.74, 6) is -0.788. The standard InChI is InChI=1S/C21H38N2O4/c1-15(20(26)11-7-5-8-12-20)22-17(24)19(3,4)18(25)23-16(2)21(27)13-9-6-10-14-21/h15-16,26-27H,5-14H2,1-4H3,(H,22,24)(H,23,25). The minimum absolute atomic E-state index is 0.394. The van der Waals surface area contributed by atoms with E-state index in [1.807, 2.05) is 13.8 Å². The summed E-state index contributed by atoms with van der Waals surface area (Å²) >= 11 is 0. The molecule has 0 aromatic rings. The maximum atomic E-state index is 12.8. The van der Waals surface area contributed by atoms with Crippen LogP contribution in [0.1, 0.15) is 91.9 Å². The fourth-order valence-electron chi connectivity index (χ4n) is 4.32. The molecule has 0 bridgehead atoms. The zero-order chi connectivity index (χ0) is 20.3. The van der Waals surface area contributed by atoms with Crippen LogP contribution in [0.15, 0.2) is 0 Å². The number of rotatable bonds is 6. The molecule has 6 nitrogen and oxygen atoms in total. The maximum absolute atomic E-state index is 12.8. The number of carbonyl (C=O) groups excluding carboxylic acids is 2. The lowest BCUT2D eigenvalue weighted by Crippen LogP contribution is -2.59. The number of nitrogens with one attached hydrogen (secondary N) is 2. The quantitative estimate of drug-likeness (QED) is 0.530. The molecule has 0 saturated heterocycles. The molecule has 0 spiro atoms. The first-order chi connectivity index (χ1) is 12.5. The van der Waals surface area contributed by atoms with Crippen molar-refractivity contribution in [1.82, 2.24) is 10.6 Å². The highest BCUT2D eigenvalue weighted by atomic mass is 16.3. The third-order valence-electron chi connectivity index (χ3n) is 6.88. The molecule has 0 radical (unpaired) electrons. The van der Waals surface area contributed by atoms with Crippen molar-refractivity contribution in [3.8, 4) is 0 Å². The summed E-state index contributed by atoms with van der Waals surface area (Å²) in [6.45, 7) is 6.80. The molecular weight excluding hydrogens is 344 g/mol. The average Bonchev–Trinajstić information content (AvgIpc) is 2.62. The molecule has 6 heteroatoms. The van der Waals surface area contributed by atoms with Crippen LogP contribution in [-0.2, 0) is 9.59 Å². The first-order valence-corrected chi connectivity index (χ1v) is 10.6. The Morgan fingerprint density at radius 3 is 1.33 bits per heavy atom. The van der Waals surface area contributed by atoms with Gasteiger partial charge in [0, 0.05) is 0 Å². The van der Waals surface area contributed by atoms with E-state index in [0.717, 1.165) is 38.5 Å². The Labute approximate surface area is 163 Å². The lowest BCUT2D eigenvalue weighted by Gasteiger charge is -2.40. The summed E-state index contributed by atoms with van der Waals surface area (Å²) in [4.78, 5) is 25.6. The van der Waals surface area contributed by atoms with E-state index < -0.39 is 40.5 Å². The van der Waals surface area contributed by atoms with E-state index in [0.29, 0.717) is 25.7 Å². The predicted octanol–water partition coefficient (Wildman–Crippen LogP) is 2.41. The molecule has 27 heavy (non-hydrogen) atoms. The predicted molar refractivity (Wildman–Crippen MR) is 105 cm³/mol. The number of hydrogen-bond acceptors (Lipinski definition) is 4. The van der Waals surface area contributed by atoms with Gasteiger partial charge in [0.25, 0.3) is 0 Å². The molecule has 2 amide bonds. The van der Waals surface area contributed by atoms with Gasteiger partial charge in [0.05, 0.1) is 23.3 Å². The van der Waals surface area contributed by atoms with E-state index in [1.54, 1.807) is 13.8 Å². The normalized spacial score (nSPS) is 24.5. The maximum Gasteiger partial charge on any atom is 0.235 e. The Kier molecular flexibility index (Phi) is 6.96. The number of aliphatic hydroxyl groups is 2. The first kappa shape index (κ1) is 22.2. The Balaban J connectivity index is 1.96. The van der Waals surface area contributed by atoms with Crippen LogP contribution in [0.5, 0.6) is 0 Å². The van der Waals surface area contributed by atoms with E-state index in [-0.39, 0.29) is 0 Å². The van der Waals surface area contributed by atoms with Gasteiger partial charge in [0.1, 0.15) is 5.41 Å². The van der Waals surface area contributed by atoms with E-state index in [9.17, 15) is 19.8 Å².